The van der Waals surface area contributed by atoms with Gasteiger partial charge in [-0.1, -0.05) is 12.1 Å². The summed E-state index contributed by atoms with van der Waals surface area (Å²) in [6.45, 7) is 2.61. The second kappa shape index (κ2) is 6.92. The monoisotopic (exact) mass is 344 g/mol. The second-order valence-corrected chi connectivity index (χ2v) is 6.79. The summed E-state index contributed by atoms with van der Waals surface area (Å²) in [6, 6.07) is 9.47. The maximum Gasteiger partial charge on any atom is 0.321 e. The van der Waals surface area contributed by atoms with E-state index in [4.69, 9.17) is 5.73 Å². The van der Waals surface area contributed by atoms with Crippen molar-refractivity contribution in [2.75, 3.05) is 24.1 Å². The molecule has 1 aliphatic heterocycles. The molecule has 4 N–H and O–H groups in total. The molecular weight excluding hydrogens is 324 g/mol. The van der Waals surface area contributed by atoms with E-state index in [1.54, 1.807) is 22.3 Å². The Morgan fingerprint density at radius 1 is 1.33 bits per heavy atom. The summed E-state index contributed by atoms with van der Waals surface area (Å²) in [4.78, 5) is 26.4. The van der Waals surface area contributed by atoms with Crippen molar-refractivity contribution in [2.45, 2.75) is 19.4 Å². The molecule has 1 fully saturated rings. The van der Waals surface area contributed by atoms with Crippen LogP contribution < -0.4 is 16.4 Å². The number of rotatable bonds is 3. The molecule has 1 aromatic heterocycles. The molecule has 3 rings (SSSR count). The van der Waals surface area contributed by atoms with Crippen LogP contribution in [0.25, 0.3) is 10.4 Å². The largest absolute Gasteiger partial charge is 0.397 e. The van der Waals surface area contributed by atoms with E-state index in [9.17, 15) is 9.59 Å². The molecule has 0 radical (unpaired) electrons. The highest BCUT2D eigenvalue weighted by molar-refractivity contribution is 7.13. The van der Waals surface area contributed by atoms with Crippen molar-refractivity contribution in [1.29, 1.82) is 0 Å². The van der Waals surface area contributed by atoms with Gasteiger partial charge in [0.15, 0.2) is 0 Å². The summed E-state index contributed by atoms with van der Waals surface area (Å²) >= 11 is 1.64. The summed E-state index contributed by atoms with van der Waals surface area (Å²) in [7, 11) is 0. The Hall–Kier alpha value is -2.54. The minimum absolute atomic E-state index is 0.0167. The number of carbonyl (C=O) groups is 2. The molecule has 24 heavy (non-hydrogen) atoms. The van der Waals surface area contributed by atoms with Crippen LogP contribution in [0.2, 0.25) is 0 Å². The van der Waals surface area contributed by atoms with Crippen molar-refractivity contribution in [1.82, 2.24) is 10.2 Å². The van der Waals surface area contributed by atoms with Gasteiger partial charge >= 0.3 is 6.03 Å². The number of nitrogens with one attached hydrogen (secondary N) is 2. The van der Waals surface area contributed by atoms with E-state index in [0.717, 1.165) is 16.9 Å². The van der Waals surface area contributed by atoms with Gasteiger partial charge in [-0.3, -0.25) is 4.79 Å². The summed E-state index contributed by atoms with van der Waals surface area (Å²) in [5, 5.41) is 7.74. The Morgan fingerprint density at radius 3 is 2.88 bits per heavy atom. The summed E-state index contributed by atoms with van der Waals surface area (Å²) in [6.07, 6.45) is 0.762. The molecule has 6 nitrogen and oxygen atoms in total. The minimum Gasteiger partial charge on any atom is -0.397 e. The molecule has 3 amide bonds. The highest BCUT2D eigenvalue weighted by Crippen LogP contribution is 2.30. The van der Waals surface area contributed by atoms with E-state index in [2.05, 4.69) is 10.6 Å². The van der Waals surface area contributed by atoms with Crippen LogP contribution in [-0.2, 0) is 4.79 Å². The number of benzene rings is 1. The number of anilines is 2. The lowest BCUT2D eigenvalue weighted by molar-refractivity contribution is -0.119. The first-order valence-electron chi connectivity index (χ1n) is 7.79. The zero-order chi connectivity index (χ0) is 17.1. The number of urea groups is 1. The number of amides is 3. The number of carbonyl (C=O) groups excluding carboxylic acids is 2. The second-order valence-electron chi connectivity index (χ2n) is 5.84. The van der Waals surface area contributed by atoms with E-state index in [0.29, 0.717) is 24.5 Å². The fourth-order valence-corrected chi connectivity index (χ4v) is 3.53. The summed E-state index contributed by atoms with van der Waals surface area (Å²) < 4.78 is 0. The minimum atomic E-state index is -0.196. The van der Waals surface area contributed by atoms with Crippen molar-refractivity contribution in [3.63, 3.8) is 0 Å². The molecule has 2 aromatic rings. The van der Waals surface area contributed by atoms with E-state index in [-0.39, 0.29) is 18.0 Å². The van der Waals surface area contributed by atoms with Crippen LogP contribution in [0.15, 0.2) is 35.7 Å². The number of nitrogens with two attached hydrogens (primary N) is 1. The first-order valence-corrected chi connectivity index (χ1v) is 8.67. The molecule has 1 aliphatic rings. The maximum absolute atomic E-state index is 12.4. The summed E-state index contributed by atoms with van der Waals surface area (Å²) in [5.74, 6) is -0.0739. The average Bonchev–Trinajstić information content (AvgIpc) is 3.20. The lowest BCUT2D eigenvalue weighted by atomic mass is 10.1. The quantitative estimate of drug-likeness (QED) is 0.748. The van der Waals surface area contributed by atoms with Crippen LogP contribution >= 0.6 is 11.3 Å². The van der Waals surface area contributed by atoms with E-state index >= 15 is 0 Å². The van der Waals surface area contributed by atoms with Gasteiger partial charge in [-0.05, 0) is 35.6 Å². The van der Waals surface area contributed by atoms with Crippen molar-refractivity contribution < 1.29 is 9.59 Å². The van der Waals surface area contributed by atoms with E-state index in [1.807, 2.05) is 29.6 Å². The van der Waals surface area contributed by atoms with Gasteiger partial charge in [-0.2, -0.15) is 0 Å². The fourth-order valence-electron chi connectivity index (χ4n) is 2.80. The molecule has 0 spiro atoms. The van der Waals surface area contributed by atoms with Crippen molar-refractivity contribution in [2.24, 2.45) is 0 Å². The first-order chi connectivity index (χ1) is 11.5. The number of nitrogen functional groups attached to an aromatic ring is 1. The van der Waals surface area contributed by atoms with Gasteiger partial charge in [0.05, 0.1) is 11.4 Å². The van der Waals surface area contributed by atoms with E-state index < -0.39 is 0 Å². The molecule has 0 bridgehead atoms. The third kappa shape index (κ3) is 3.68. The lowest BCUT2D eigenvalue weighted by Crippen LogP contribution is -2.38. The van der Waals surface area contributed by atoms with Gasteiger partial charge in [0.1, 0.15) is 0 Å². The highest BCUT2D eigenvalue weighted by atomic mass is 32.1. The Balaban J connectivity index is 1.68. The van der Waals surface area contributed by atoms with Gasteiger partial charge in [0.25, 0.3) is 0 Å². The van der Waals surface area contributed by atoms with Crippen molar-refractivity contribution >= 4 is 34.6 Å². The van der Waals surface area contributed by atoms with Crippen molar-refractivity contribution in [3.8, 4) is 10.4 Å². The summed E-state index contributed by atoms with van der Waals surface area (Å²) in [5.41, 5.74) is 8.15. The normalized spacial score (nSPS) is 16.9. The average molecular weight is 344 g/mol. The molecule has 1 atom stereocenters. The first kappa shape index (κ1) is 16.3. The van der Waals surface area contributed by atoms with Gasteiger partial charge in [-0.25, -0.2) is 4.79 Å². The van der Waals surface area contributed by atoms with Crippen LogP contribution in [0.4, 0.5) is 16.2 Å². The number of nitrogens with zero attached hydrogens (tertiary/aromatic N) is 1. The molecule has 2 heterocycles. The van der Waals surface area contributed by atoms with Crippen LogP contribution in [-0.4, -0.2) is 36.0 Å². The van der Waals surface area contributed by atoms with Crippen LogP contribution in [0.1, 0.15) is 13.3 Å². The van der Waals surface area contributed by atoms with Crippen LogP contribution in [0, 0.1) is 0 Å². The topological polar surface area (TPSA) is 87.5 Å². The highest BCUT2D eigenvalue weighted by Gasteiger charge is 2.27. The van der Waals surface area contributed by atoms with Gasteiger partial charge < -0.3 is 21.3 Å². The maximum atomic E-state index is 12.4. The standard InChI is InChI=1S/C17H20N4O2S/c1-11(22)19-13-6-7-21(10-13)17(23)20-15-9-12(4-5-14(15)18)16-3-2-8-24-16/h2-5,8-9,13H,6-7,10,18H2,1H3,(H,19,22)(H,20,23)/t13-/m0/s1. The van der Waals surface area contributed by atoms with E-state index in [1.165, 1.54) is 6.92 Å². The predicted octanol–water partition coefficient (Wildman–Crippen LogP) is 2.74. The van der Waals surface area contributed by atoms with Gasteiger partial charge in [0.2, 0.25) is 5.91 Å². The third-order valence-electron chi connectivity index (χ3n) is 3.98. The number of likely N-dealkylation sites (tertiary alicyclic amines) is 1. The molecule has 126 valence electrons. The number of thiophene rings is 1. The lowest BCUT2D eigenvalue weighted by Gasteiger charge is -2.18. The molecule has 0 aliphatic carbocycles. The Morgan fingerprint density at radius 2 is 2.17 bits per heavy atom. The smallest absolute Gasteiger partial charge is 0.321 e. The van der Waals surface area contributed by atoms with Gasteiger partial charge in [-0.15, -0.1) is 11.3 Å². The predicted molar refractivity (Wildman–Crippen MR) is 97.0 cm³/mol. The zero-order valence-electron chi connectivity index (χ0n) is 13.4. The van der Waals surface area contributed by atoms with Gasteiger partial charge in [0, 0.05) is 30.9 Å². The fraction of sp³-hybridized carbons (Fsp3) is 0.294. The molecule has 1 aromatic carbocycles. The Kier molecular flexibility index (Phi) is 4.71. The number of hydrogen-bond acceptors (Lipinski definition) is 4. The molecule has 7 heteroatoms. The molecule has 0 unspecified atom stereocenters. The molecule has 0 saturated carbocycles. The Bertz CT molecular complexity index is 745. The molecular formula is C17H20N4O2S. The Labute approximate surface area is 144 Å². The molecule has 1 saturated heterocycles. The zero-order valence-corrected chi connectivity index (χ0v) is 14.2. The third-order valence-corrected chi connectivity index (χ3v) is 4.90. The number of hydrogen-bond donors (Lipinski definition) is 3. The van der Waals surface area contributed by atoms with Crippen LogP contribution in [0.3, 0.4) is 0 Å². The van der Waals surface area contributed by atoms with Crippen LogP contribution in [0.5, 0.6) is 0 Å². The van der Waals surface area contributed by atoms with Crippen molar-refractivity contribution in [3.05, 3.63) is 35.7 Å². The SMILES string of the molecule is CC(=O)N[C@H]1CCN(C(=O)Nc2cc(-c3cccs3)ccc2N)C1.